The van der Waals surface area contributed by atoms with E-state index in [0.29, 0.717) is 23.5 Å². The fraction of sp³-hybridized carbons (Fsp3) is 0.958. The fourth-order valence-electron chi connectivity index (χ4n) is 3.84. The molecule has 0 radical (unpaired) electrons. The van der Waals surface area contributed by atoms with Crippen LogP contribution in [0.1, 0.15) is 131 Å². The largest absolute Gasteiger partial charge is 0.299 e. The molecular formula is C24H48O. The van der Waals surface area contributed by atoms with Crippen molar-refractivity contribution in [2.75, 3.05) is 0 Å². The maximum atomic E-state index is 12.5. The minimum absolute atomic E-state index is 0.313. The van der Waals surface area contributed by atoms with Gasteiger partial charge >= 0.3 is 0 Å². The van der Waals surface area contributed by atoms with E-state index in [9.17, 15) is 4.79 Å². The third-order valence-corrected chi connectivity index (χ3v) is 5.24. The van der Waals surface area contributed by atoms with Crippen LogP contribution < -0.4 is 0 Å². The van der Waals surface area contributed by atoms with E-state index in [2.05, 4.69) is 34.6 Å². The van der Waals surface area contributed by atoms with E-state index in [1.165, 1.54) is 70.6 Å². The van der Waals surface area contributed by atoms with Gasteiger partial charge in [0.1, 0.15) is 5.78 Å². The minimum Gasteiger partial charge on any atom is -0.299 e. The maximum absolute atomic E-state index is 12.5. The van der Waals surface area contributed by atoms with Crippen molar-refractivity contribution in [1.82, 2.24) is 0 Å². The summed E-state index contributed by atoms with van der Waals surface area (Å²) in [6, 6.07) is 0. The summed E-state index contributed by atoms with van der Waals surface area (Å²) < 4.78 is 0. The van der Waals surface area contributed by atoms with Gasteiger partial charge in [-0.15, -0.1) is 0 Å². The highest BCUT2D eigenvalue weighted by atomic mass is 16.1. The van der Waals surface area contributed by atoms with E-state index in [-0.39, 0.29) is 0 Å². The van der Waals surface area contributed by atoms with Gasteiger partial charge in [0.2, 0.25) is 0 Å². The van der Waals surface area contributed by atoms with Crippen molar-refractivity contribution in [2.24, 2.45) is 17.8 Å². The number of hydrogen-bond donors (Lipinski definition) is 0. The molecule has 0 unspecified atom stereocenters. The van der Waals surface area contributed by atoms with Gasteiger partial charge in [-0.05, 0) is 31.1 Å². The van der Waals surface area contributed by atoms with Crippen molar-refractivity contribution in [3.63, 3.8) is 0 Å². The molecule has 0 spiro atoms. The number of Topliss-reactive ketones (excluding diaryl/α,β-unsaturated/α-hetero) is 1. The molecule has 0 aliphatic heterocycles. The third kappa shape index (κ3) is 16.9. The second-order valence-corrected chi connectivity index (χ2v) is 9.06. The molecule has 0 heterocycles. The first kappa shape index (κ1) is 24.7. The molecule has 0 aromatic rings. The quantitative estimate of drug-likeness (QED) is 0.226. The van der Waals surface area contributed by atoms with Crippen LogP contribution >= 0.6 is 0 Å². The van der Waals surface area contributed by atoms with Crippen molar-refractivity contribution in [1.29, 1.82) is 0 Å². The molecule has 0 aromatic heterocycles. The Labute approximate surface area is 159 Å². The molecule has 0 amide bonds. The van der Waals surface area contributed by atoms with Crippen LogP contribution in [-0.4, -0.2) is 5.78 Å². The van der Waals surface area contributed by atoms with Crippen molar-refractivity contribution in [3.8, 4) is 0 Å². The third-order valence-electron chi connectivity index (χ3n) is 5.24. The molecule has 150 valence electrons. The highest BCUT2D eigenvalue weighted by Gasteiger charge is 2.20. The molecule has 25 heavy (non-hydrogen) atoms. The molecule has 0 saturated carbocycles. The Morgan fingerprint density at radius 2 is 0.960 bits per heavy atom. The Balaban J connectivity index is 3.57. The number of carbonyl (C=O) groups is 1. The van der Waals surface area contributed by atoms with Crippen LogP contribution in [0.4, 0.5) is 0 Å². The van der Waals surface area contributed by atoms with E-state index in [1.807, 2.05) is 0 Å². The first-order valence-corrected chi connectivity index (χ1v) is 11.5. The summed E-state index contributed by atoms with van der Waals surface area (Å²) in [7, 11) is 0. The van der Waals surface area contributed by atoms with Gasteiger partial charge in [-0.1, -0.05) is 105 Å². The lowest BCUT2D eigenvalue weighted by Gasteiger charge is -2.19. The number of hydrogen-bond acceptors (Lipinski definition) is 1. The van der Waals surface area contributed by atoms with Crippen LogP contribution in [0.3, 0.4) is 0 Å². The zero-order valence-corrected chi connectivity index (χ0v) is 18.2. The van der Waals surface area contributed by atoms with Gasteiger partial charge in [-0.2, -0.15) is 0 Å². The Bertz CT molecular complexity index is 282. The van der Waals surface area contributed by atoms with E-state index in [1.54, 1.807) is 0 Å². The van der Waals surface area contributed by atoms with E-state index in [0.717, 1.165) is 25.7 Å². The predicted octanol–water partition coefficient (Wildman–Crippen LogP) is 8.36. The molecule has 0 fully saturated rings. The Morgan fingerprint density at radius 3 is 1.32 bits per heavy atom. The number of ketones is 1. The molecule has 0 aromatic carbocycles. The predicted molar refractivity (Wildman–Crippen MR) is 113 cm³/mol. The standard InChI is InChI=1S/C24H48O/c1-6-7-8-9-10-11-12-13-14-15-16-17-18-24(25)23(19-21(2)3)20-22(4)5/h21-23H,6-20H2,1-5H3. The lowest BCUT2D eigenvalue weighted by Crippen LogP contribution is -2.18. The monoisotopic (exact) mass is 352 g/mol. The zero-order chi connectivity index (χ0) is 18.9. The highest BCUT2D eigenvalue weighted by Crippen LogP contribution is 2.23. The Hall–Kier alpha value is -0.330. The van der Waals surface area contributed by atoms with Gasteiger partial charge < -0.3 is 0 Å². The van der Waals surface area contributed by atoms with Crippen LogP contribution in [0, 0.1) is 17.8 Å². The molecule has 0 aliphatic rings. The van der Waals surface area contributed by atoms with Gasteiger partial charge in [-0.3, -0.25) is 4.79 Å². The van der Waals surface area contributed by atoms with Gasteiger partial charge in [0.15, 0.2) is 0 Å². The van der Waals surface area contributed by atoms with Gasteiger partial charge in [0.25, 0.3) is 0 Å². The van der Waals surface area contributed by atoms with Crippen molar-refractivity contribution in [2.45, 2.75) is 131 Å². The second kappa shape index (κ2) is 17.1. The first-order chi connectivity index (χ1) is 12.0. The SMILES string of the molecule is CCCCCCCCCCCCCCC(=O)C(CC(C)C)CC(C)C. The Morgan fingerprint density at radius 1 is 0.600 bits per heavy atom. The first-order valence-electron chi connectivity index (χ1n) is 11.5. The van der Waals surface area contributed by atoms with Crippen LogP contribution in [-0.2, 0) is 4.79 Å². The molecule has 0 N–H and O–H groups in total. The summed E-state index contributed by atoms with van der Waals surface area (Å²) in [5, 5.41) is 0. The molecule has 0 aliphatic carbocycles. The summed E-state index contributed by atoms with van der Waals surface area (Å²) in [5.74, 6) is 2.12. The van der Waals surface area contributed by atoms with Gasteiger partial charge in [-0.25, -0.2) is 0 Å². The highest BCUT2D eigenvalue weighted by molar-refractivity contribution is 5.80. The van der Waals surface area contributed by atoms with Crippen LogP contribution in [0.2, 0.25) is 0 Å². The van der Waals surface area contributed by atoms with Gasteiger partial charge in [0.05, 0.1) is 0 Å². The van der Waals surface area contributed by atoms with E-state index >= 15 is 0 Å². The molecule has 0 atom stereocenters. The van der Waals surface area contributed by atoms with Crippen LogP contribution in [0.15, 0.2) is 0 Å². The minimum atomic E-state index is 0.313. The summed E-state index contributed by atoms with van der Waals surface area (Å²) in [6.45, 7) is 11.2. The summed E-state index contributed by atoms with van der Waals surface area (Å²) >= 11 is 0. The summed E-state index contributed by atoms with van der Waals surface area (Å²) in [6.07, 6.45) is 19.3. The van der Waals surface area contributed by atoms with Crippen LogP contribution in [0.5, 0.6) is 0 Å². The number of carbonyl (C=O) groups excluding carboxylic acids is 1. The normalized spacial score (nSPS) is 11.8. The van der Waals surface area contributed by atoms with Gasteiger partial charge in [0, 0.05) is 12.3 Å². The van der Waals surface area contributed by atoms with Crippen LogP contribution in [0.25, 0.3) is 0 Å². The lowest BCUT2D eigenvalue weighted by molar-refractivity contribution is -0.124. The number of rotatable bonds is 18. The topological polar surface area (TPSA) is 17.1 Å². The molecule has 0 rings (SSSR count). The lowest BCUT2D eigenvalue weighted by atomic mass is 9.84. The van der Waals surface area contributed by atoms with Crippen molar-refractivity contribution < 1.29 is 4.79 Å². The summed E-state index contributed by atoms with van der Waals surface area (Å²) in [5.41, 5.74) is 0. The average Bonchev–Trinajstić information content (AvgIpc) is 2.54. The second-order valence-electron chi connectivity index (χ2n) is 9.06. The van der Waals surface area contributed by atoms with E-state index < -0.39 is 0 Å². The molecule has 0 saturated heterocycles. The fourth-order valence-corrected chi connectivity index (χ4v) is 3.84. The van der Waals surface area contributed by atoms with Crippen molar-refractivity contribution >= 4 is 5.78 Å². The average molecular weight is 353 g/mol. The Kier molecular flexibility index (Phi) is 16.9. The molecule has 1 nitrogen and oxygen atoms in total. The zero-order valence-electron chi connectivity index (χ0n) is 18.2. The molecule has 0 bridgehead atoms. The maximum Gasteiger partial charge on any atom is 0.135 e. The summed E-state index contributed by atoms with van der Waals surface area (Å²) in [4.78, 5) is 12.5. The smallest absolute Gasteiger partial charge is 0.135 e. The van der Waals surface area contributed by atoms with E-state index in [4.69, 9.17) is 0 Å². The molecular weight excluding hydrogens is 304 g/mol. The molecule has 1 heteroatoms. The van der Waals surface area contributed by atoms with Crippen molar-refractivity contribution in [3.05, 3.63) is 0 Å². The number of unbranched alkanes of at least 4 members (excludes halogenated alkanes) is 11.